The molecule has 0 saturated heterocycles. The molecule has 0 bridgehead atoms. The number of fused-ring (bicyclic) bond motifs is 1. The number of hydrogen-bond acceptors (Lipinski definition) is 2. The number of halogens is 3. The van der Waals surface area contributed by atoms with Crippen LogP contribution in [0.15, 0.2) is 59.0 Å². The Morgan fingerprint density at radius 3 is 2.24 bits per heavy atom. The smallest absolute Gasteiger partial charge is 0.416 e. The van der Waals surface area contributed by atoms with E-state index in [4.69, 9.17) is 10.2 Å². The zero-order valence-electron chi connectivity index (χ0n) is 10.9. The Morgan fingerprint density at radius 2 is 1.62 bits per heavy atom. The molecule has 2 N–H and O–H groups in total. The summed E-state index contributed by atoms with van der Waals surface area (Å²) in [5, 5.41) is 0.912. The van der Waals surface area contributed by atoms with Gasteiger partial charge >= 0.3 is 6.18 Å². The minimum Gasteiger partial charge on any atom is -0.459 e. The van der Waals surface area contributed by atoms with E-state index >= 15 is 0 Å². The molecule has 0 aliphatic rings. The molecule has 0 spiro atoms. The first-order valence-corrected chi connectivity index (χ1v) is 6.36. The summed E-state index contributed by atoms with van der Waals surface area (Å²) in [4.78, 5) is 0. The maximum atomic E-state index is 12.5. The van der Waals surface area contributed by atoms with Gasteiger partial charge < -0.3 is 10.2 Å². The van der Waals surface area contributed by atoms with Gasteiger partial charge in [-0.2, -0.15) is 13.2 Å². The van der Waals surface area contributed by atoms with Crippen LogP contribution in [0.5, 0.6) is 0 Å². The van der Waals surface area contributed by atoms with Crippen molar-refractivity contribution in [1.29, 1.82) is 0 Å². The zero-order valence-corrected chi connectivity index (χ0v) is 10.9. The molecule has 5 heteroatoms. The van der Waals surface area contributed by atoms with Gasteiger partial charge in [-0.05, 0) is 29.8 Å². The van der Waals surface area contributed by atoms with Crippen LogP contribution in [0.25, 0.3) is 11.0 Å². The van der Waals surface area contributed by atoms with E-state index in [0.717, 1.165) is 17.5 Å². The molecule has 2 aromatic carbocycles. The quantitative estimate of drug-likeness (QED) is 0.755. The first kappa shape index (κ1) is 13.7. The monoisotopic (exact) mass is 291 g/mol. The maximum absolute atomic E-state index is 12.5. The molecule has 3 aromatic rings. The van der Waals surface area contributed by atoms with Crippen molar-refractivity contribution in [2.75, 3.05) is 0 Å². The van der Waals surface area contributed by atoms with Gasteiger partial charge in [-0.1, -0.05) is 30.3 Å². The van der Waals surface area contributed by atoms with Crippen LogP contribution in [-0.4, -0.2) is 0 Å². The molecule has 1 aromatic heterocycles. The van der Waals surface area contributed by atoms with Gasteiger partial charge in [0.1, 0.15) is 11.3 Å². The van der Waals surface area contributed by atoms with Gasteiger partial charge in [0, 0.05) is 5.39 Å². The maximum Gasteiger partial charge on any atom is 0.416 e. The highest BCUT2D eigenvalue weighted by atomic mass is 19.4. The second kappa shape index (κ2) is 4.93. The molecule has 3 rings (SSSR count). The summed E-state index contributed by atoms with van der Waals surface area (Å²) in [6, 6.07) is 13.4. The molecule has 0 aliphatic carbocycles. The average molecular weight is 291 g/mol. The van der Waals surface area contributed by atoms with E-state index in [-0.39, 0.29) is 0 Å². The molecular formula is C16H12F3NO. The third-order valence-corrected chi connectivity index (χ3v) is 3.35. The number of nitrogens with two attached hydrogens (primary N) is 1. The lowest BCUT2D eigenvalue weighted by Gasteiger charge is -2.11. The van der Waals surface area contributed by atoms with Crippen molar-refractivity contribution in [3.63, 3.8) is 0 Å². The van der Waals surface area contributed by atoms with Crippen LogP contribution in [0.2, 0.25) is 0 Å². The normalized spacial score (nSPS) is 13.5. The standard InChI is InChI=1S/C16H12F3NO/c17-16(18,19)12-7-5-10(6-8-12)15(20)14-9-11-3-1-2-4-13(11)21-14/h1-9,15H,20H2. The molecule has 1 unspecified atom stereocenters. The van der Waals surface area contributed by atoms with Gasteiger partial charge in [-0.25, -0.2) is 0 Å². The van der Waals surface area contributed by atoms with Gasteiger partial charge in [-0.3, -0.25) is 0 Å². The largest absolute Gasteiger partial charge is 0.459 e. The van der Waals surface area contributed by atoms with E-state index in [1.807, 2.05) is 24.3 Å². The van der Waals surface area contributed by atoms with Gasteiger partial charge in [0.25, 0.3) is 0 Å². The lowest BCUT2D eigenvalue weighted by Crippen LogP contribution is -2.12. The predicted molar refractivity (Wildman–Crippen MR) is 73.7 cm³/mol. The number of hydrogen-bond donors (Lipinski definition) is 1. The second-order valence-electron chi connectivity index (χ2n) is 4.78. The molecule has 21 heavy (non-hydrogen) atoms. The highest BCUT2D eigenvalue weighted by molar-refractivity contribution is 5.77. The van der Waals surface area contributed by atoms with Gasteiger partial charge in [0.2, 0.25) is 0 Å². The Balaban J connectivity index is 1.92. The highest BCUT2D eigenvalue weighted by Crippen LogP contribution is 2.31. The van der Waals surface area contributed by atoms with Gasteiger partial charge in [0.15, 0.2) is 0 Å². The minimum atomic E-state index is -4.35. The molecule has 0 amide bonds. The van der Waals surface area contributed by atoms with E-state index in [0.29, 0.717) is 16.9 Å². The van der Waals surface area contributed by atoms with E-state index < -0.39 is 17.8 Å². The Morgan fingerprint density at radius 1 is 0.952 bits per heavy atom. The third kappa shape index (κ3) is 2.64. The second-order valence-corrected chi connectivity index (χ2v) is 4.78. The van der Waals surface area contributed by atoms with Crippen LogP contribution in [-0.2, 0) is 6.18 Å². The van der Waals surface area contributed by atoms with E-state index in [1.165, 1.54) is 12.1 Å². The Kier molecular flexibility index (Phi) is 3.22. The third-order valence-electron chi connectivity index (χ3n) is 3.35. The molecule has 0 aliphatic heterocycles. The molecule has 0 saturated carbocycles. The summed E-state index contributed by atoms with van der Waals surface area (Å²) in [7, 11) is 0. The van der Waals surface area contributed by atoms with Crippen LogP contribution in [0.3, 0.4) is 0 Å². The lowest BCUT2D eigenvalue weighted by molar-refractivity contribution is -0.137. The summed E-state index contributed by atoms with van der Waals surface area (Å²) < 4.78 is 43.2. The number of para-hydroxylation sites is 1. The average Bonchev–Trinajstić information content (AvgIpc) is 2.89. The molecule has 0 radical (unpaired) electrons. The number of furan rings is 1. The van der Waals surface area contributed by atoms with Crippen molar-refractivity contribution in [2.24, 2.45) is 5.73 Å². The van der Waals surface area contributed by atoms with Crippen LogP contribution < -0.4 is 5.73 Å². The fraction of sp³-hybridized carbons (Fsp3) is 0.125. The lowest BCUT2D eigenvalue weighted by atomic mass is 10.0. The molecule has 1 atom stereocenters. The molecule has 1 heterocycles. The number of rotatable bonds is 2. The summed E-state index contributed by atoms with van der Waals surface area (Å²) in [5.41, 5.74) is 6.65. The first-order chi connectivity index (χ1) is 9.95. The van der Waals surface area contributed by atoms with Crippen molar-refractivity contribution >= 4 is 11.0 Å². The topological polar surface area (TPSA) is 39.2 Å². The fourth-order valence-corrected chi connectivity index (χ4v) is 2.20. The summed E-state index contributed by atoms with van der Waals surface area (Å²) in [6.45, 7) is 0. The Labute approximate surface area is 119 Å². The number of alkyl halides is 3. The van der Waals surface area contributed by atoms with Gasteiger partial charge in [0.05, 0.1) is 11.6 Å². The van der Waals surface area contributed by atoms with Crippen molar-refractivity contribution in [3.05, 3.63) is 71.5 Å². The van der Waals surface area contributed by atoms with E-state index in [2.05, 4.69) is 0 Å². The van der Waals surface area contributed by atoms with Gasteiger partial charge in [-0.15, -0.1) is 0 Å². The van der Waals surface area contributed by atoms with Crippen molar-refractivity contribution in [3.8, 4) is 0 Å². The predicted octanol–water partition coefficient (Wildman–Crippen LogP) is 4.50. The van der Waals surface area contributed by atoms with Crippen LogP contribution in [0.1, 0.15) is 22.9 Å². The van der Waals surface area contributed by atoms with E-state index in [1.54, 1.807) is 6.07 Å². The van der Waals surface area contributed by atoms with Crippen LogP contribution in [0, 0.1) is 0 Å². The fourth-order valence-electron chi connectivity index (χ4n) is 2.20. The highest BCUT2D eigenvalue weighted by Gasteiger charge is 2.30. The summed E-state index contributed by atoms with van der Waals surface area (Å²) in [5.74, 6) is 0.524. The minimum absolute atomic E-state index is 0.524. The molecule has 0 fully saturated rings. The first-order valence-electron chi connectivity index (χ1n) is 6.36. The van der Waals surface area contributed by atoms with Crippen molar-refractivity contribution < 1.29 is 17.6 Å². The summed E-state index contributed by atoms with van der Waals surface area (Å²) in [6.07, 6.45) is -4.35. The van der Waals surface area contributed by atoms with Crippen LogP contribution >= 0.6 is 0 Å². The zero-order chi connectivity index (χ0) is 15.0. The van der Waals surface area contributed by atoms with Crippen molar-refractivity contribution in [1.82, 2.24) is 0 Å². The summed E-state index contributed by atoms with van der Waals surface area (Å²) >= 11 is 0. The molecular weight excluding hydrogens is 279 g/mol. The van der Waals surface area contributed by atoms with E-state index in [9.17, 15) is 13.2 Å². The number of benzene rings is 2. The Hall–Kier alpha value is -2.27. The molecule has 2 nitrogen and oxygen atoms in total. The van der Waals surface area contributed by atoms with Crippen molar-refractivity contribution in [2.45, 2.75) is 12.2 Å². The molecule has 108 valence electrons. The Bertz CT molecular complexity index is 726. The van der Waals surface area contributed by atoms with Crippen LogP contribution in [0.4, 0.5) is 13.2 Å². The SMILES string of the molecule is NC(c1ccc(C(F)(F)F)cc1)c1cc2ccccc2o1.